The molecule has 70 heavy (non-hydrogen) atoms. The molecule has 4 aromatic heterocycles. The number of hydrogen-bond acceptors (Lipinski definition) is 5. The molecule has 0 aromatic carbocycles. The molecule has 0 amide bonds. The smallest absolute Gasteiger partial charge is 0.475 e. The van der Waals surface area contributed by atoms with Gasteiger partial charge in [0.1, 0.15) is 8.07 Å². The molecule has 1 N–H and O–H groups in total. The van der Waals surface area contributed by atoms with Gasteiger partial charge in [-0.05, 0) is 101 Å². The normalized spacial score (nSPS) is 12.9. The van der Waals surface area contributed by atoms with Crippen molar-refractivity contribution >= 4 is 143 Å². The summed E-state index contributed by atoms with van der Waals surface area (Å²) in [6.07, 6.45) is 28.1. The zero-order chi connectivity index (χ0) is 52.2. The lowest BCUT2D eigenvalue weighted by atomic mass is 10.1. The number of unbranched alkanes of at least 4 members (excludes halogenated alkanes) is 20. The molecule has 0 saturated heterocycles. The number of alkyl halides is 3. The number of aryl methyl sites for hydroxylation is 1. The van der Waals surface area contributed by atoms with Crippen molar-refractivity contribution in [2.24, 2.45) is 0 Å². The fourth-order valence-corrected chi connectivity index (χ4v) is 27.5. The maximum atomic E-state index is 10.6. The van der Waals surface area contributed by atoms with E-state index in [0.29, 0.717) is 0 Å². The number of carboxylic acid groups (broad SMARTS) is 1. The maximum Gasteiger partial charge on any atom is 0.490 e. The predicted octanol–water partition coefficient (Wildman–Crippen LogP) is 22.2. The first-order valence-corrected chi connectivity index (χ1v) is 41.9. The van der Waals surface area contributed by atoms with Gasteiger partial charge in [0.05, 0.1) is 17.8 Å². The van der Waals surface area contributed by atoms with Crippen LogP contribution in [0.4, 0.5) is 13.2 Å². The van der Waals surface area contributed by atoms with Crippen molar-refractivity contribution < 1.29 is 23.1 Å². The first-order chi connectivity index (χ1) is 33.2. The Kier molecular flexibility index (Phi) is 33.7. The molecule has 0 fully saturated rings. The zero-order valence-corrected chi connectivity index (χ0v) is 54.8. The lowest BCUT2D eigenvalue weighted by molar-refractivity contribution is -0.192. The van der Waals surface area contributed by atoms with Gasteiger partial charge in [-0.2, -0.15) is 13.2 Å². The van der Waals surface area contributed by atoms with Gasteiger partial charge >= 0.3 is 12.1 Å². The third-order valence-corrected chi connectivity index (χ3v) is 32.8. The predicted molar refractivity (Wildman–Crippen MR) is 327 cm³/mol. The SMILES string of the molecule is CCCCCCCC[Si](Cl)(Cl)CCCCCCCC.CCCCCCCC[Si]1(CCCCCCCC)c2ccsc2-c2sccc21.Cc1cc(Br)c(-c2sc([Si](C)(C)C)cc2Br)s1.O=C(O)C(F)(F)F. The third kappa shape index (κ3) is 24.5. The van der Waals surface area contributed by atoms with Crippen LogP contribution in [0.2, 0.25) is 43.8 Å². The van der Waals surface area contributed by atoms with Gasteiger partial charge in [0, 0.05) is 23.6 Å². The Labute approximate surface area is 468 Å². The highest BCUT2D eigenvalue weighted by Crippen LogP contribution is 2.43. The van der Waals surface area contributed by atoms with Gasteiger partial charge in [-0.15, -0.1) is 67.5 Å². The quantitative estimate of drug-likeness (QED) is 0.0321. The van der Waals surface area contributed by atoms with Crippen molar-refractivity contribution in [1.82, 2.24) is 0 Å². The molecule has 0 saturated carbocycles. The van der Waals surface area contributed by atoms with E-state index >= 15 is 0 Å². The van der Waals surface area contributed by atoms with E-state index in [1.165, 1.54) is 190 Å². The van der Waals surface area contributed by atoms with E-state index in [-0.39, 0.29) is 0 Å². The fourth-order valence-electron chi connectivity index (χ4n) is 8.93. The van der Waals surface area contributed by atoms with Crippen LogP contribution < -0.4 is 14.9 Å². The number of carboxylic acids is 1. The standard InChI is InChI=1S/C24H38S2Si.C16H34Cl2Si.C12H14Br2S2Si.C2HF3O2/c1-3-5-7-9-11-13-19-27(20-14-12-10-8-6-4-2)21-15-17-25-23(21)24-22(27)16-18-26-24;1-3-5-7-9-11-13-15-19(17,18)16-14-12-10-8-6-4-2;1-7-5-8(13)11(15-7)12-9(14)6-10(16-12)17(2,3)4;3-2(4,5)1(6)7/h15-18H,3-14,19-20H2,1-2H3;3-16H2,1-2H3;5-6H,1-4H3;(H,6,7). The van der Waals surface area contributed by atoms with Gasteiger partial charge in [-0.1, -0.05) is 214 Å². The van der Waals surface area contributed by atoms with Crippen LogP contribution in [0.15, 0.2) is 44.0 Å². The second kappa shape index (κ2) is 35.6. The van der Waals surface area contributed by atoms with E-state index in [1.807, 2.05) is 55.7 Å². The summed E-state index contributed by atoms with van der Waals surface area (Å²) in [5.41, 5.74) is 0. The molecule has 4 aromatic rings. The number of thiophene rings is 4. The molecule has 16 heteroatoms. The average Bonchev–Trinajstić information content (AvgIpc) is 4.14. The average molecular weight is 1270 g/mol. The van der Waals surface area contributed by atoms with Gasteiger partial charge < -0.3 is 5.11 Å². The van der Waals surface area contributed by atoms with Crippen LogP contribution in [0.3, 0.4) is 0 Å². The Morgan fingerprint density at radius 2 is 0.929 bits per heavy atom. The summed E-state index contributed by atoms with van der Waals surface area (Å²) >= 11 is 28.2. The summed E-state index contributed by atoms with van der Waals surface area (Å²) < 4.78 is 35.7. The fraction of sp³-hybridized carbons (Fsp3) is 0.685. The third-order valence-electron chi connectivity index (χ3n) is 13.0. The van der Waals surface area contributed by atoms with Gasteiger partial charge in [0.15, 0.2) is 0 Å². The molecule has 1 aliphatic heterocycles. The molecule has 400 valence electrons. The largest absolute Gasteiger partial charge is 0.490 e. The molecule has 0 aliphatic carbocycles. The van der Waals surface area contributed by atoms with Gasteiger partial charge in [-0.25, -0.2) is 4.79 Å². The van der Waals surface area contributed by atoms with Crippen molar-refractivity contribution in [2.75, 3.05) is 0 Å². The highest BCUT2D eigenvalue weighted by molar-refractivity contribution is 9.11. The summed E-state index contributed by atoms with van der Waals surface area (Å²) in [5.74, 6) is -2.76. The summed E-state index contributed by atoms with van der Waals surface area (Å²) in [5, 5.41) is 15.5. The molecule has 1 aliphatic rings. The highest BCUT2D eigenvalue weighted by atomic mass is 79.9. The Hall–Kier alpha value is 0.251. The topological polar surface area (TPSA) is 37.3 Å². The van der Waals surface area contributed by atoms with E-state index in [2.05, 4.69) is 121 Å². The lowest BCUT2D eigenvalue weighted by Crippen LogP contribution is -2.54. The van der Waals surface area contributed by atoms with Crippen LogP contribution >= 0.6 is 99.4 Å². The Morgan fingerprint density at radius 1 is 0.586 bits per heavy atom. The van der Waals surface area contributed by atoms with Crippen LogP contribution in [0, 0.1) is 6.92 Å². The molecule has 5 heterocycles. The number of fused-ring (bicyclic) bond motifs is 3. The molecular formula is C54H87Br2Cl2F3O2S4Si3. The van der Waals surface area contributed by atoms with E-state index in [9.17, 15) is 13.2 Å². The summed E-state index contributed by atoms with van der Waals surface area (Å²) in [6, 6.07) is 14.8. The summed E-state index contributed by atoms with van der Waals surface area (Å²) in [7, 11) is -2.69. The van der Waals surface area contributed by atoms with Crippen LogP contribution in [0.5, 0.6) is 0 Å². The minimum absolute atomic E-state index is 1.11. The maximum absolute atomic E-state index is 10.6. The molecule has 0 unspecified atom stereocenters. The molecule has 0 bridgehead atoms. The number of hydrogen-bond donors (Lipinski definition) is 1. The van der Waals surface area contributed by atoms with E-state index in [1.54, 1.807) is 14.3 Å². The molecule has 0 spiro atoms. The van der Waals surface area contributed by atoms with Gasteiger partial charge in [0.25, 0.3) is 6.69 Å². The first-order valence-electron chi connectivity index (χ1n) is 26.6. The van der Waals surface area contributed by atoms with E-state index in [0.717, 1.165) is 12.1 Å². The molecule has 0 radical (unpaired) electrons. The van der Waals surface area contributed by atoms with Crippen LogP contribution in [0.1, 0.15) is 187 Å². The summed E-state index contributed by atoms with van der Waals surface area (Å²) in [4.78, 5) is 16.3. The minimum Gasteiger partial charge on any atom is -0.475 e. The van der Waals surface area contributed by atoms with Crippen LogP contribution in [-0.2, 0) is 4.79 Å². The van der Waals surface area contributed by atoms with Crippen molar-refractivity contribution in [3.63, 3.8) is 0 Å². The van der Waals surface area contributed by atoms with Crippen molar-refractivity contribution in [3.8, 4) is 19.5 Å². The second-order valence-corrected chi connectivity index (χ2v) is 43.3. The second-order valence-electron chi connectivity index (χ2n) is 20.2. The van der Waals surface area contributed by atoms with Crippen molar-refractivity contribution in [1.29, 1.82) is 0 Å². The Bertz CT molecular complexity index is 1930. The Balaban J connectivity index is 0.000000346. The number of carbonyl (C=O) groups is 1. The van der Waals surface area contributed by atoms with E-state index in [4.69, 9.17) is 32.1 Å². The van der Waals surface area contributed by atoms with Gasteiger partial charge in [0.2, 0.25) is 0 Å². The Morgan fingerprint density at radius 3 is 1.26 bits per heavy atom. The van der Waals surface area contributed by atoms with Crippen LogP contribution in [0.25, 0.3) is 19.5 Å². The van der Waals surface area contributed by atoms with Crippen molar-refractivity contribution in [2.45, 2.75) is 239 Å². The molecule has 2 nitrogen and oxygen atoms in total. The number of halogens is 7. The lowest BCUT2D eigenvalue weighted by Gasteiger charge is -2.29. The number of rotatable bonds is 30. The highest BCUT2D eigenvalue weighted by Gasteiger charge is 2.46. The molecule has 5 rings (SSSR count). The van der Waals surface area contributed by atoms with E-state index < -0.39 is 35.0 Å². The zero-order valence-electron chi connectivity index (χ0n) is 43.9. The summed E-state index contributed by atoms with van der Waals surface area (Å²) in [6.45, 7) is 16.6. The number of aliphatic carboxylic acids is 1. The van der Waals surface area contributed by atoms with Crippen LogP contribution in [-0.4, -0.2) is 40.1 Å². The first kappa shape index (κ1) is 66.4. The monoisotopic (exact) mass is 1260 g/mol. The minimum atomic E-state index is -5.08. The molecular weight excluding hydrogens is 1180 g/mol. The van der Waals surface area contributed by atoms with Crippen molar-refractivity contribution in [3.05, 3.63) is 48.8 Å². The molecule has 0 atom stereocenters. The van der Waals surface area contributed by atoms with Gasteiger partial charge in [-0.3, -0.25) is 0 Å².